The molecule has 1 aliphatic rings. The van der Waals surface area contributed by atoms with E-state index in [-0.39, 0.29) is 31.3 Å². The zero-order valence-electron chi connectivity index (χ0n) is 14.3. The number of carbonyl (C=O) groups excluding carboxylic acids is 2. The third-order valence-electron chi connectivity index (χ3n) is 4.07. The van der Waals surface area contributed by atoms with Gasteiger partial charge >= 0.3 is 5.97 Å². The van der Waals surface area contributed by atoms with Crippen molar-refractivity contribution >= 4 is 35.1 Å². The molecule has 0 aliphatic carbocycles. The number of rotatable bonds is 7. The number of aliphatic carboxylic acids is 1. The highest BCUT2D eigenvalue weighted by Gasteiger charge is 2.38. The predicted octanol–water partition coefficient (Wildman–Crippen LogP) is 1.17. The van der Waals surface area contributed by atoms with Crippen molar-refractivity contribution in [3.05, 3.63) is 29.3 Å². The summed E-state index contributed by atoms with van der Waals surface area (Å²) in [6.45, 7) is 0.686. The molecule has 1 atom stereocenters. The molecule has 0 unspecified atom stereocenters. The first-order chi connectivity index (χ1) is 11.8. The number of anilines is 1. The maximum atomic E-state index is 12.7. The van der Waals surface area contributed by atoms with Crippen LogP contribution in [0.5, 0.6) is 0 Å². The second-order valence-electron chi connectivity index (χ2n) is 6.31. The van der Waals surface area contributed by atoms with Gasteiger partial charge in [0.15, 0.2) is 0 Å². The van der Waals surface area contributed by atoms with Gasteiger partial charge in [-0.1, -0.05) is 23.7 Å². The van der Waals surface area contributed by atoms with E-state index in [1.807, 2.05) is 19.0 Å². The van der Waals surface area contributed by atoms with Crippen LogP contribution < -0.4 is 4.90 Å². The van der Waals surface area contributed by atoms with Crippen LogP contribution in [-0.2, 0) is 14.4 Å². The van der Waals surface area contributed by atoms with Gasteiger partial charge in [0, 0.05) is 26.1 Å². The zero-order chi connectivity index (χ0) is 18.6. The van der Waals surface area contributed by atoms with Crippen LogP contribution in [0, 0.1) is 5.92 Å². The smallest absolute Gasteiger partial charge is 0.323 e. The van der Waals surface area contributed by atoms with Crippen LogP contribution in [0.15, 0.2) is 24.3 Å². The molecule has 2 amide bonds. The topological polar surface area (TPSA) is 81.2 Å². The Labute approximate surface area is 151 Å². The van der Waals surface area contributed by atoms with E-state index in [1.54, 1.807) is 24.3 Å². The summed E-state index contributed by atoms with van der Waals surface area (Å²) in [6, 6.07) is 6.96. The Kier molecular flexibility index (Phi) is 6.39. The Morgan fingerprint density at radius 2 is 1.96 bits per heavy atom. The fraction of sp³-hybridized carbons (Fsp3) is 0.471. The molecule has 0 aromatic heterocycles. The van der Waals surface area contributed by atoms with Gasteiger partial charge in [0.2, 0.25) is 11.8 Å². The van der Waals surface area contributed by atoms with Crippen LogP contribution >= 0.6 is 11.6 Å². The standard InChI is InChI=1S/C17H22ClN3O4/c1-19(2)7-8-20(11-16(23)24)17(25)12-9-15(22)21(10-12)14-6-4-3-5-13(14)18/h3-6,12H,7-11H2,1-2H3,(H,23,24)/t12-/m0/s1. The van der Waals surface area contributed by atoms with Gasteiger partial charge in [0.05, 0.1) is 16.6 Å². The SMILES string of the molecule is CN(C)CCN(CC(=O)O)C(=O)[C@H]1CC(=O)N(c2ccccc2Cl)C1. The average molecular weight is 368 g/mol. The number of hydrogen-bond acceptors (Lipinski definition) is 4. The highest BCUT2D eigenvalue weighted by molar-refractivity contribution is 6.33. The lowest BCUT2D eigenvalue weighted by Gasteiger charge is -2.25. The van der Waals surface area contributed by atoms with Crippen LogP contribution in [-0.4, -0.2) is 73.0 Å². The van der Waals surface area contributed by atoms with Gasteiger partial charge in [0.25, 0.3) is 0 Å². The first-order valence-electron chi connectivity index (χ1n) is 7.99. The summed E-state index contributed by atoms with van der Waals surface area (Å²) in [5.74, 6) is -2.13. The van der Waals surface area contributed by atoms with Crippen LogP contribution in [0.2, 0.25) is 5.02 Å². The molecule has 8 heteroatoms. The Morgan fingerprint density at radius 1 is 1.28 bits per heavy atom. The van der Waals surface area contributed by atoms with Crippen molar-refractivity contribution in [3.8, 4) is 0 Å². The van der Waals surface area contributed by atoms with Crippen LogP contribution in [0.3, 0.4) is 0 Å². The molecule has 0 bridgehead atoms. The lowest BCUT2D eigenvalue weighted by molar-refractivity contribution is -0.146. The summed E-state index contributed by atoms with van der Waals surface area (Å²) in [5.41, 5.74) is 0.572. The van der Waals surface area contributed by atoms with E-state index >= 15 is 0 Å². The minimum atomic E-state index is -1.07. The molecule has 1 fully saturated rings. The summed E-state index contributed by atoms with van der Waals surface area (Å²) in [7, 11) is 3.70. The number of amides is 2. The fourth-order valence-corrected chi connectivity index (χ4v) is 3.02. The van der Waals surface area contributed by atoms with Gasteiger partial charge in [-0.15, -0.1) is 0 Å². The largest absolute Gasteiger partial charge is 0.480 e. The quantitative estimate of drug-likeness (QED) is 0.782. The van der Waals surface area contributed by atoms with Crippen molar-refractivity contribution in [2.45, 2.75) is 6.42 Å². The molecule has 1 aliphatic heterocycles. The molecule has 0 spiro atoms. The van der Waals surface area contributed by atoms with Crippen molar-refractivity contribution < 1.29 is 19.5 Å². The average Bonchev–Trinajstić information content (AvgIpc) is 2.92. The molecule has 1 heterocycles. The first-order valence-corrected chi connectivity index (χ1v) is 8.37. The molecular formula is C17H22ClN3O4. The summed E-state index contributed by atoms with van der Waals surface area (Å²) in [4.78, 5) is 40.8. The summed E-state index contributed by atoms with van der Waals surface area (Å²) in [5, 5.41) is 9.50. The van der Waals surface area contributed by atoms with Crippen molar-refractivity contribution in [3.63, 3.8) is 0 Å². The van der Waals surface area contributed by atoms with Crippen molar-refractivity contribution in [1.29, 1.82) is 0 Å². The lowest BCUT2D eigenvalue weighted by atomic mass is 10.1. The van der Waals surface area contributed by atoms with Crippen molar-refractivity contribution in [2.24, 2.45) is 5.92 Å². The molecule has 25 heavy (non-hydrogen) atoms. The number of benzene rings is 1. The van der Waals surface area contributed by atoms with Gasteiger partial charge < -0.3 is 19.8 Å². The van der Waals surface area contributed by atoms with Gasteiger partial charge in [-0.2, -0.15) is 0 Å². The number of carboxylic acids is 1. The third-order valence-corrected chi connectivity index (χ3v) is 4.39. The minimum absolute atomic E-state index is 0.0577. The minimum Gasteiger partial charge on any atom is -0.480 e. The normalized spacial score (nSPS) is 17.2. The van der Waals surface area contributed by atoms with E-state index in [4.69, 9.17) is 16.7 Å². The Morgan fingerprint density at radius 3 is 2.56 bits per heavy atom. The second kappa shape index (κ2) is 8.31. The van der Waals surface area contributed by atoms with Crippen LogP contribution in [0.4, 0.5) is 5.69 Å². The summed E-state index contributed by atoms with van der Waals surface area (Å²) < 4.78 is 0. The number of halogens is 1. The molecule has 136 valence electrons. The molecule has 1 aromatic carbocycles. The zero-order valence-corrected chi connectivity index (χ0v) is 15.1. The highest BCUT2D eigenvalue weighted by atomic mass is 35.5. The number of carbonyl (C=O) groups is 3. The number of carboxylic acid groups (broad SMARTS) is 1. The lowest BCUT2D eigenvalue weighted by Crippen LogP contribution is -2.43. The van der Waals surface area contributed by atoms with Gasteiger partial charge in [-0.25, -0.2) is 0 Å². The number of hydrogen-bond donors (Lipinski definition) is 1. The molecule has 2 rings (SSSR count). The van der Waals surface area contributed by atoms with Gasteiger partial charge in [-0.3, -0.25) is 14.4 Å². The molecule has 1 aromatic rings. The van der Waals surface area contributed by atoms with Crippen LogP contribution in [0.25, 0.3) is 0 Å². The first kappa shape index (κ1) is 19.2. The Hall–Kier alpha value is -2.12. The number of nitrogens with zero attached hydrogens (tertiary/aromatic N) is 3. The molecule has 0 saturated carbocycles. The molecule has 7 nitrogen and oxygen atoms in total. The Bertz CT molecular complexity index is 665. The van der Waals surface area contributed by atoms with Gasteiger partial charge in [0.1, 0.15) is 6.54 Å². The predicted molar refractivity (Wildman–Crippen MR) is 94.7 cm³/mol. The molecule has 0 radical (unpaired) electrons. The van der Waals surface area contributed by atoms with E-state index in [0.29, 0.717) is 23.8 Å². The van der Waals surface area contributed by atoms with Crippen molar-refractivity contribution in [2.75, 3.05) is 45.2 Å². The fourth-order valence-electron chi connectivity index (χ4n) is 2.79. The monoisotopic (exact) mass is 367 g/mol. The van der Waals surface area contributed by atoms with E-state index in [2.05, 4.69) is 0 Å². The number of likely N-dealkylation sites (N-methyl/N-ethyl adjacent to an activating group) is 1. The number of para-hydroxylation sites is 1. The summed E-state index contributed by atoms with van der Waals surface area (Å²) >= 11 is 6.14. The molecule has 1 saturated heterocycles. The maximum Gasteiger partial charge on any atom is 0.323 e. The molecular weight excluding hydrogens is 346 g/mol. The second-order valence-corrected chi connectivity index (χ2v) is 6.72. The van der Waals surface area contributed by atoms with E-state index in [9.17, 15) is 14.4 Å². The van der Waals surface area contributed by atoms with E-state index in [0.717, 1.165) is 0 Å². The van der Waals surface area contributed by atoms with E-state index in [1.165, 1.54) is 9.80 Å². The van der Waals surface area contributed by atoms with Crippen LogP contribution in [0.1, 0.15) is 6.42 Å². The third kappa shape index (κ3) is 4.93. The van der Waals surface area contributed by atoms with E-state index < -0.39 is 11.9 Å². The van der Waals surface area contributed by atoms with Crippen molar-refractivity contribution in [1.82, 2.24) is 9.80 Å². The highest BCUT2D eigenvalue weighted by Crippen LogP contribution is 2.31. The molecule has 1 N–H and O–H groups in total. The van der Waals surface area contributed by atoms with Gasteiger partial charge in [-0.05, 0) is 26.2 Å². The Balaban J connectivity index is 2.11. The summed E-state index contributed by atoms with van der Waals surface area (Å²) in [6.07, 6.45) is 0.0577. The maximum absolute atomic E-state index is 12.7.